The molecule has 0 fully saturated rings. The molecule has 2 aromatic rings. The van der Waals surface area contributed by atoms with Crippen molar-refractivity contribution >= 4 is 0 Å². The lowest BCUT2D eigenvalue weighted by molar-refractivity contribution is 0.686. The smallest absolute Gasteiger partial charge is 0.0205 e. The zero-order chi connectivity index (χ0) is 14.0. The van der Waals surface area contributed by atoms with Gasteiger partial charge >= 0.3 is 0 Å². The molecule has 0 radical (unpaired) electrons. The maximum atomic E-state index is 3.51. The van der Waals surface area contributed by atoms with Crippen molar-refractivity contribution in [1.29, 1.82) is 0 Å². The second-order valence-electron chi connectivity index (χ2n) is 5.34. The van der Waals surface area contributed by atoms with E-state index in [1.54, 1.807) is 0 Å². The van der Waals surface area contributed by atoms with Gasteiger partial charge in [-0.15, -0.1) is 0 Å². The van der Waals surface area contributed by atoms with Crippen LogP contribution in [0.2, 0.25) is 0 Å². The van der Waals surface area contributed by atoms with Crippen molar-refractivity contribution in [3.05, 3.63) is 71.3 Å². The van der Waals surface area contributed by atoms with E-state index in [9.17, 15) is 0 Å². The molecule has 0 bridgehead atoms. The van der Waals surface area contributed by atoms with E-state index in [1.165, 1.54) is 36.0 Å². The Morgan fingerprint density at radius 1 is 0.800 bits per heavy atom. The first-order valence-corrected chi connectivity index (χ1v) is 7.71. The molecule has 0 saturated heterocycles. The number of benzene rings is 2. The van der Waals surface area contributed by atoms with Crippen LogP contribution < -0.4 is 5.32 Å². The van der Waals surface area contributed by atoms with Crippen LogP contribution >= 0.6 is 0 Å². The Morgan fingerprint density at radius 3 is 2.25 bits per heavy atom. The topological polar surface area (TPSA) is 12.0 Å². The van der Waals surface area contributed by atoms with Crippen molar-refractivity contribution in [1.82, 2.24) is 5.32 Å². The molecular formula is C19H25N. The van der Waals surface area contributed by atoms with E-state index >= 15 is 0 Å². The van der Waals surface area contributed by atoms with Gasteiger partial charge in [-0.2, -0.15) is 0 Å². The summed E-state index contributed by atoms with van der Waals surface area (Å²) in [7, 11) is 0. The van der Waals surface area contributed by atoms with Crippen LogP contribution in [0.4, 0.5) is 0 Å². The Kier molecular flexibility index (Phi) is 6.33. The summed E-state index contributed by atoms with van der Waals surface area (Å²) in [5, 5.41) is 3.51. The van der Waals surface area contributed by atoms with Gasteiger partial charge in [-0.3, -0.25) is 0 Å². The van der Waals surface area contributed by atoms with Crippen molar-refractivity contribution in [3.8, 4) is 0 Å². The minimum Gasteiger partial charge on any atom is -0.312 e. The van der Waals surface area contributed by atoms with Gasteiger partial charge in [0.2, 0.25) is 0 Å². The largest absolute Gasteiger partial charge is 0.312 e. The van der Waals surface area contributed by atoms with Crippen LogP contribution in [0, 0.1) is 0 Å². The predicted octanol–water partition coefficient (Wildman–Crippen LogP) is 4.36. The average molecular weight is 267 g/mol. The molecule has 0 aromatic heterocycles. The summed E-state index contributed by atoms with van der Waals surface area (Å²) in [6.07, 6.45) is 4.87. The highest BCUT2D eigenvalue weighted by Crippen LogP contribution is 2.09. The van der Waals surface area contributed by atoms with E-state index in [4.69, 9.17) is 0 Å². The molecule has 1 N–H and O–H groups in total. The van der Waals surface area contributed by atoms with Crippen molar-refractivity contribution in [2.24, 2.45) is 0 Å². The quantitative estimate of drug-likeness (QED) is 0.701. The Morgan fingerprint density at radius 2 is 1.50 bits per heavy atom. The average Bonchev–Trinajstić information content (AvgIpc) is 2.51. The van der Waals surface area contributed by atoms with Crippen LogP contribution in [-0.4, -0.2) is 6.54 Å². The Bertz CT molecular complexity index is 490. The van der Waals surface area contributed by atoms with Gasteiger partial charge in [0.25, 0.3) is 0 Å². The number of hydrogen-bond acceptors (Lipinski definition) is 1. The number of aryl methyl sites for hydroxylation is 1. The zero-order valence-electron chi connectivity index (χ0n) is 12.4. The first-order valence-electron chi connectivity index (χ1n) is 7.71. The second kappa shape index (κ2) is 8.55. The fraction of sp³-hybridized carbons (Fsp3) is 0.368. The summed E-state index contributed by atoms with van der Waals surface area (Å²) >= 11 is 0. The van der Waals surface area contributed by atoms with Gasteiger partial charge in [0.15, 0.2) is 0 Å². The lowest BCUT2D eigenvalue weighted by Gasteiger charge is -2.07. The molecule has 0 heterocycles. The van der Waals surface area contributed by atoms with Gasteiger partial charge in [-0.25, -0.2) is 0 Å². The summed E-state index contributed by atoms with van der Waals surface area (Å²) in [6.45, 7) is 4.24. The Hall–Kier alpha value is -1.60. The molecule has 2 aromatic carbocycles. The molecular weight excluding hydrogens is 242 g/mol. The van der Waals surface area contributed by atoms with Crippen LogP contribution in [0.3, 0.4) is 0 Å². The highest BCUT2D eigenvalue weighted by Gasteiger charge is 1.97. The summed E-state index contributed by atoms with van der Waals surface area (Å²) in [6, 6.07) is 19.6. The van der Waals surface area contributed by atoms with E-state index in [2.05, 4.69) is 66.8 Å². The number of unbranched alkanes of at least 4 members (excludes halogenated alkanes) is 1. The van der Waals surface area contributed by atoms with E-state index in [0.29, 0.717) is 0 Å². The minimum absolute atomic E-state index is 0.955. The second-order valence-corrected chi connectivity index (χ2v) is 5.34. The number of nitrogens with one attached hydrogen (secondary N) is 1. The molecule has 1 nitrogen and oxygen atoms in total. The Balaban J connectivity index is 1.73. The molecule has 0 spiro atoms. The zero-order valence-corrected chi connectivity index (χ0v) is 12.4. The molecule has 0 amide bonds. The van der Waals surface area contributed by atoms with Gasteiger partial charge in [0, 0.05) is 6.54 Å². The lowest BCUT2D eigenvalue weighted by Crippen LogP contribution is -2.16. The SMILES string of the molecule is CCCCc1cccc(CCNCc2ccccc2)c1. The minimum atomic E-state index is 0.955. The first-order chi connectivity index (χ1) is 9.88. The predicted molar refractivity (Wildman–Crippen MR) is 86.9 cm³/mol. The molecule has 20 heavy (non-hydrogen) atoms. The summed E-state index contributed by atoms with van der Waals surface area (Å²) in [5.74, 6) is 0. The normalized spacial score (nSPS) is 10.7. The third-order valence-corrected chi connectivity index (χ3v) is 3.57. The third kappa shape index (κ3) is 5.18. The van der Waals surface area contributed by atoms with Gasteiger partial charge < -0.3 is 5.32 Å². The molecule has 1 heteroatoms. The number of hydrogen-bond donors (Lipinski definition) is 1. The first kappa shape index (κ1) is 14.8. The maximum absolute atomic E-state index is 3.51. The fourth-order valence-corrected chi connectivity index (χ4v) is 2.38. The highest BCUT2D eigenvalue weighted by atomic mass is 14.8. The lowest BCUT2D eigenvalue weighted by atomic mass is 10.0. The van der Waals surface area contributed by atoms with Gasteiger partial charge in [0.1, 0.15) is 0 Å². The highest BCUT2D eigenvalue weighted by molar-refractivity contribution is 5.24. The number of rotatable bonds is 8. The molecule has 0 unspecified atom stereocenters. The van der Waals surface area contributed by atoms with Crippen molar-refractivity contribution < 1.29 is 0 Å². The molecule has 2 rings (SSSR count). The molecule has 0 aliphatic heterocycles. The third-order valence-electron chi connectivity index (χ3n) is 3.57. The van der Waals surface area contributed by atoms with Gasteiger partial charge in [0.05, 0.1) is 0 Å². The standard InChI is InChI=1S/C19H25N/c1-2-3-8-17-11-7-12-18(15-17)13-14-20-16-19-9-5-4-6-10-19/h4-7,9-12,15,20H,2-3,8,13-14,16H2,1H3. The summed E-state index contributed by atoms with van der Waals surface area (Å²) in [4.78, 5) is 0. The van der Waals surface area contributed by atoms with E-state index in [0.717, 1.165) is 19.5 Å². The van der Waals surface area contributed by atoms with Crippen LogP contribution in [0.1, 0.15) is 36.5 Å². The molecule has 0 saturated carbocycles. The van der Waals surface area contributed by atoms with Crippen LogP contribution in [0.15, 0.2) is 54.6 Å². The monoisotopic (exact) mass is 267 g/mol. The van der Waals surface area contributed by atoms with Crippen molar-refractivity contribution in [3.63, 3.8) is 0 Å². The van der Waals surface area contributed by atoms with E-state index in [1.807, 2.05) is 0 Å². The van der Waals surface area contributed by atoms with E-state index < -0.39 is 0 Å². The maximum Gasteiger partial charge on any atom is 0.0205 e. The molecule has 0 aliphatic carbocycles. The van der Waals surface area contributed by atoms with Crippen molar-refractivity contribution in [2.45, 2.75) is 39.2 Å². The van der Waals surface area contributed by atoms with Gasteiger partial charge in [-0.05, 0) is 42.5 Å². The van der Waals surface area contributed by atoms with Crippen LogP contribution in [-0.2, 0) is 19.4 Å². The molecule has 106 valence electrons. The molecule has 0 atom stereocenters. The van der Waals surface area contributed by atoms with Crippen molar-refractivity contribution in [2.75, 3.05) is 6.54 Å². The van der Waals surface area contributed by atoms with Crippen LogP contribution in [0.25, 0.3) is 0 Å². The summed E-state index contributed by atoms with van der Waals surface area (Å²) in [5.41, 5.74) is 4.27. The van der Waals surface area contributed by atoms with Gasteiger partial charge in [-0.1, -0.05) is 67.9 Å². The summed E-state index contributed by atoms with van der Waals surface area (Å²) < 4.78 is 0. The Labute approximate surface area is 123 Å². The fourth-order valence-electron chi connectivity index (χ4n) is 2.38. The van der Waals surface area contributed by atoms with Crippen LogP contribution in [0.5, 0.6) is 0 Å². The van der Waals surface area contributed by atoms with E-state index in [-0.39, 0.29) is 0 Å². The molecule has 0 aliphatic rings.